The van der Waals surface area contributed by atoms with Gasteiger partial charge < -0.3 is 9.80 Å². The number of hydrogen-bond donors (Lipinski definition) is 0. The van der Waals surface area contributed by atoms with Gasteiger partial charge in [-0.1, -0.05) is 17.7 Å². The predicted octanol–water partition coefficient (Wildman–Crippen LogP) is 2.44. The highest BCUT2D eigenvalue weighted by Crippen LogP contribution is 2.35. The SMILES string of the molecule is Cc1ccc2c(c1)C(N(C)C)CCN2C. The van der Waals surface area contributed by atoms with E-state index in [2.05, 4.69) is 56.1 Å². The van der Waals surface area contributed by atoms with Crippen molar-refractivity contribution >= 4 is 5.69 Å². The lowest BCUT2D eigenvalue weighted by Gasteiger charge is -2.36. The Hall–Kier alpha value is -1.02. The summed E-state index contributed by atoms with van der Waals surface area (Å²) in [7, 11) is 6.52. The van der Waals surface area contributed by atoms with Gasteiger partial charge in [0.15, 0.2) is 0 Å². The van der Waals surface area contributed by atoms with Crippen molar-refractivity contribution in [3.8, 4) is 0 Å². The Morgan fingerprint density at radius 2 is 2.07 bits per heavy atom. The summed E-state index contributed by atoms with van der Waals surface area (Å²) in [6.07, 6.45) is 1.22. The maximum absolute atomic E-state index is 2.36. The molecule has 1 unspecified atom stereocenters. The molecule has 0 bridgehead atoms. The van der Waals surface area contributed by atoms with E-state index >= 15 is 0 Å². The molecule has 0 N–H and O–H groups in total. The molecule has 0 saturated heterocycles. The molecule has 15 heavy (non-hydrogen) atoms. The molecule has 2 rings (SSSR count). The van der Waals surface area contributed by atoms with E-state index in [1.54, 1.807) is 0 Å². The Bertz CT molecular complexity index is 358. The molecule has 0 radical (unpaired) electrons. The fraction of sp³-hybridized carbons (Fsp3) is 0.538. The van der Waals surface area contributed by atoms with Crippen LogP contribution in [0, 0.1) is 6.92 Å². The summed E-state index contributed by atoms with van der Waals surface area (Å²) in [5, 5.41) is 0. The summed E-state index contributed by atoms with van der Waals surface area (Å²) in [4.78, 5) is 4.68. The molecule has 1 heterocycles. The van der Waals surface area contributed by atoms with Gasteiger partial charge >= 0.3 is 0 Å². The number of anilines is 1. The minimum absolute atomic E-state index is 0.580. The first-order chi connectivity index (χ1) is 7.09. The van der Waals surface area contributed by atoms with Gasteiger partial charge in [-0.05, 0) is 39.1 Å². The second-order valence-corrected chi connectivity index (χ2v) is 4.75. The summed E-state index contributed by atoms with van der Waals surface area (Å²) in [6.45, 7) is 3.32. The maximum Gasteiger partial charge on any atom is 0.0412 e. The van der Waals surface area contributed by atoms with Crippen LogP contribution in [0.5, 0.6) is 0 Å². The molecule has 1 atom stereocenters. The van der Waals surface area contributed by atoms with Gasteiger partial charge in [-0.25, -0.2) is 0 Å². The Morgan fingerprint density at radius 3 is 2.73 bits per heavy atom. The van der Waals surface area contributed by atoms with E-state index in [0.717, 1.165) is 6.54 Å². The van der Waals surface area contributed by atoms with Gasteiger partial charge in [0, 0.05) is 25.3 Å². The average molecular weight is 204 g/mol. The van der Waals surface area contributed by atoms with E-state index in [1.165, 1.54) is 23.2 Å². The van der Waals surface area contributed by atoms with E-state index in [1.807, 2.05) is 0 Å². The van der Waals surface area contributed by atoms with Crippen molar-refractivity contribution in [2.45, 2.75) is 19.4 Å². The monoisotopic (exact) mass is 204 g/mol. The molecule has 0 aliphatic carbocycles. The fourth-order valence-corrected chi connectivity index (χ4v) is 2.42. The Morgan fingerprint density at radius 1 is 1.33 bits per heavy atom. The largest absolute Gasteiger partial charge is 0.374 e. The topological polar surface area (TPSA) is 6.48 Å². The summed E-state index contributed by atoms with van der Waals surface area (Å²) in [5.74, 6) is 0. The Balaban J connectivity index is 2.46. The highest BCUT2D eigenvalue weighted by atomic mass is 15.2. The van der Waals surface area contributed by atoms with Crippen molar-refractivity contribution in [3.05, 3.63) is 29.3 Å². The zero-order chi connectivity index (χ0) is 11.0. The summed E-state index contributed by atoms with van der Waals surface area (Å²) >= 11 is 0. The summed E-state index contributed by atoms with van der Waals surface area (Å²) in [6, 6.07) is 7.36. The van der Waals surface area contributed by atoms with Crippen molar-refractivity contribution in [2.75, 3.05) is 32.6 Å². The normalized spacial score (nSPS) is 20.6. The van der Waals surface area contributed by atoms with Crippen LogP contribution in [0.3, 0.4) is 0 Å². The highest BCUT2D eigenvalue weighted by Gasteiger charge is 2.24. The smallest absolute Gasteiger partial charge is 0.0412 e. The second kappa shape index (κ2) is 3.86. The van der Waals surface area contributed by atoms with Crippen LogP contribution in [0.4, 0.5) is 5.69 Å². The molecule has 0 amide bonds. The minimum Gasteiger partial charge on any atom is -0.374 e. The minimum atomic E-state index is 0.580. The number of benzene rings is 1. The maximum atomic E-state index is 2.36. The van der Waals surface area contributed by atoms with E-state index < -0.39 is 0 Å². The van der Waals surface area contributed by atoms with Crippen molar-refractivity contribution in [2.24, 2.45) is 0 Å². The molecule has 0 saturated carbocycles. The van der Waals surface area contributed by atoms with Gasteiger partial charge in [-0.15, -0.1) is 0 Å². The highest BCUT2D eigenvalue weighted by molar-refractivity contribution is 5.57. The molecule has 1 aliphatic rings. The molecule has 2 heteroatoms. The molecular weight excluding hydrogens is 184 g/mol. The van der Waals surface area contributed by atoms with Crippen LogP contribution >= 0.6 is 0 Å². The van der Waals surface area contributed by atoms with Crippen molar-refractivity contribution in [1.82, 2.24) is 4.90 Å². The van der Waals surface area contributed by atoms with Crippen LogP contribution in [0.15, 0.2) is 18.2 Å². The standard InChI is InChI=1S/C13H20N2/c1-10-5-6-13-11(9-10)12(14(2)3)7-8-15(13)4/h5-6,9,12H,7-8H2,1-4H3. The first-order valence-electron chi connectivity index (χ1n) is 5.57. The van der Waals surface area contributed by atoms with Crippen LogP contribution < -0.4 is 4.90 Å². The molecular formula is C13H20N2. The van der Waals surface area contributed by atoms with Gasteiger partial charge in [0.05, 0.1) is 0 Å². The zero-order valence-corrected chi connectivity index (χ0v) is 10.1. The van der Waals surface area contributed by atoms with Crippen LogP contribution in [0.25, 0.3) is 0 Å². The van der Waals surface area contributed by atoms with Crippen LogP contribution in [0.2, 0.25) is 0 Å². The third kappa shape index (κ3) is 1.86. The molecule has 82 valence electrons. The Labute approximate surface area is 92.5 Å². The van der Waals surface area contributed by atoms with Gasteiger partial charge in [0.1, 0.15) is 0 Å². The van der Waals surface area contributed by atoms with E-state index in [4.69, 9.17) is 0 Å². The Kier molecular flexibility index (Phi) is 2.70. The third-order valence-corrected chi connectivity index (χ3v) is 3.31. The lowest BCUT2D eigenvalue weighted by molar-refractivity contribution is 0.279. The van der Waals surface area contributed by atoms with Gasteiger partial charge in [-0.2, -0.15) is 0 Å². The zero-order valence-electron chi connectivity index (χ0n) is 10.1. The molecule has 0 aromatic heterocycles. The summed E-state index contributed by atoms with van der Waals surface area (Å²) < 4.78 is 0. The first kappa shape index (κ1) is 10.5. The van der Waals surface area contributed by atoms with Gasteiger partial charge in [0.2, 0.25) is 0 Å². The van der Waals surface area contributed by atoms with Crippen LogP contribution in [-0.4, -0.2) is 32.6 Å². The van der Waals surface area contributed by atoms with Gasteiger partial charge in [-0.3, -0.25) is 0 Å². The summed E-state index contributed by atoms with van der Waals surface area (Å²) in [5.41, 5.74) is 4.23. The fourth-order valence-electron chi connectivity index (χ4n) is 2.42. The van der Waals surface area contributed by atoms with Gasteiger partial charge in [0.25, 0.3) is 0 Å². The second-order valence-electron chi connectivity index (χ2n) is 4.75. The van der Waals surface area contributed by atoms with Crippen molar-refractivity contribution in [1.29, 1.82) is 0 Å². The lowest BCUT2D eigenvalue weighted by Crippen LogP contribution is -2.33. The van der Waals surface area contributed by atoms with E-state index in [0.29, 0.717) is 6.04 Å². The third-order valence-electron chi connectivity index (χ3n) is 3.31. The molecule has 1 aliphatic heterocycles. The van der Waals surface area contributed by atoms with Crippen molar-refractivity contribution < 1.29 is 0 Å². The number of nitrogens with zero attached hydrogens (tertiary/aromatic N) is 2. The molecule has 1 aromatic rings. The molecule has 0 spiro atoms. The predicted molar refractivity (Wildman–Crippen MR) is 65.5 cm³/mol. The molecule has 2 nitrogen and oxygen atoms in total. The first-order valence-corrected chi connectivity index (χ1v) is 5.57. The van der Waals surface area contributed by atoms with E-state index in [-0.39, 0.29) is 0 Å². The number of aryl methyl sites for hydroxylation is 1. The van der Waals surface area contributed by atoms with E-state index in [9.17, 15) is 0 Å². The average Bonchev–Trinajstić information content (AvgIpc) is 2.17. The quantitative estimate of drug-likeness (QED) is 0.693. The lowest BCUT2D eigenvalue weighted by atomic mass is 9.94. The number of rotatable bonds is 1. The number of hydrogen-bond acceptors (Lipinski definition) is 2. The van der Waals surface area contributed by atoms with Crippen LogP contribution in [0.1, 0.15) is 23.6 Å². The van der Waals surface area contributed by atoms with Crippen molar-refractivity contribution in [3.63, 3.8) is 0 Å². The molecule has 0 fully saturated rings. The van der Waals surface area contributed by atoms with Crippen LogP contribution in [-0.2, 0) is 0 Å². The number of fused-ring (bicyclic) bond motifs is 1. The molecule has 1 aromatic carbocycles.